The molecule has 0 unspecified atom stereocenters. The van der Waals surface area contributed by atoms with Crippen LogP contribution in [-0.2, 0) is 12.7 Å². The molecule has 0 aliphatic carbocycles. The number of alkyl halides is 3. The van der Waals surface area contributed by atoms with E-state index in [1.165, 1.54) is 0 Å². The van der Waals surface area contributed by atoms with Gasteiger partial charge in [0.15, 0.2) is 11.5 Å². The summed E-state index contributed by atoms with van der Waals surface area (Å²) in [7, 11) is 0. The smallest absolute Gasteiger partial charge is 0.433 e. The minimum atomic E-state index is -4.53. The predicted octanol–water partition coefficient (Wildman–Crippen LogP) is 2.80. The van der Waals surface area contributed by atoms with Crippen molar-refractivity contribution in [2.24, 2.45) is 0 Å². The molecular weight excluding hydrogens is 325 g/mol. The third-order valence-corrected chi connectivity index (χ3v) is 3.38. The fraction of sp³-hybridized carbons (Fsp3) is 0.250. The van der Waals surface area contributed by atoms with E-state index < -0.39 is 17.8 Å². The minimum absolute atomic E-state index is 0.0561. The summed E-state index contributed by atoms with van der Waals surface area (Å²) >= 11 is 0. The lowest BCUT2D eigenvalue weighted by molar-refractivity contribution is -0.141. The standard InChI is InChI=1S/C16H13F3N2O3/c17-16(18,19)14-4-2-11(9-20-14)15(22)21-8-10-1-3-12-13(7-10)24-6-5-23-12/h1-4,7,9H,5-6,8H2,(H,21,22). The number of amides is 1. The fourth-order valence-electron chi connectivity index (χ4n) is 2.18. The maximum absolute atomic E-state index is 12.4. The van der Waals surface area contributed by atoms with E-state index >= 15 is 0 Å². The van der Waals surface area contributed by atoms with Crippen LogP contribution in [-0.4, -0.2) is 24.1 Å². The van der Waals surface area contributed by atoms with E-state index in [1.54, 1.807) is 18.2 Å². The number of hydrogen-bond acceptors (Lipinski definition) is 4. The molecule has 0 spiro atoms. The van der Waals surface area contributed by atoms with Crippen LogP contribution in [0.3, 0.4) is 0 Å². The average molecular weight is 338 g/mol. The topological polar surface area (TPSA) is 60.5 Å². The third kappa shape index (κ3) is 3.58. The summed E-state index contributed by atoms with van der Waals surface area (Å²) in [6.07, 6.45) is -3.62. The largest absolute Gasteiger partial charge is 0.486 e. The number of aromatic nitrogens is 1. The van der Waals surface area contributed by atoms with Gasteiger partial charge in [0, 0.05) is 12.7 Å². The van der Waals surface area contributed by atoms with Gasteiger partial charge in [0.25, 0.3) is 5.91 Å². The molecule has 1 aliphatic heterocycles. The highest BCUT2D eigenvalue weighted by molar-refractivity contribution is 5.93. The number of benzene rings is 1. The van der Waals surface area contributed by atoms with Crippen molar-refractivity contribution in [3.8, 4) is 11.5 Å². The predicted molar refractivity (Wildman–Crippen MR) is 77.8 cm³/mol. The van der Waals surface area contributed by atoms with E-state index in [0.717, 1.165) is 23.9 Å². The average Bonchev–Trinajstić information content (AvgIpc) is 2.59. The Hall–Kier alpha value is -2.77. The van der Waals surface area contributed by atoms with Gasteiger partial charge in [0.1, 0.15) is 18.9 Å². The summed E-state index contributed by atoms with van der Waals surface area (Å²) in [4.78, 5) is 15.2. The van der Waals surface area contributed by atoms with Gasteiger partial charge in [0.2, 0.25) is 0 Å². The molecule has 126 valence electrons. The van der Waals surface area contributed by atoms with Gasteiger partial charge in [-0.1, -0.05) is 6.07 Å². The number of pyridine rings is 1. The Morgan fingerprint density at radius 2 is 1.88 bits per heavy atom. The SMILES string of the molecule is O=C(NCc1ccc2c(c1)OCCO2)c1ccc(C(F)(F)F)nc1. The first kappa shape index (κ1) is 16.1. The number of carbonyl (C=O) groups is 1. The lowest BCUT2D eigenvalue weighted by Gasteiger charge is -2.19. The number of fused-ring (bicyclic) bond motifs is 1. The van der Waals surface area contributed by atoms with Gasteiger partial charge >= 0.3 is 6.18 Å². The van der Waals surface area contributed by atoms with Crippen LogP contribution in [0.2, 0.25) is 0 Å². The summed E-state index contributed by atoms with van der Waals surface area (Å²) < 4.78 is 48.2. The summed E-state index contributed by atoms with van der Waals surface area (Å²) in [5.74, 6) is 0.735. The molecule has 1 amide bonds. The van der Waals surface area contributed by atoms with E-state index in [2.05, 4.69) is 10.3 Å². The number of ether oxygens (including phenoxy) is 2. The maximum Gasteiger partial charge on any atom is 0.433 e. The molecule has 1 N–H and O–H groups in total. The highest BCUT2D eigenvalue weighted by Gasteiger charge is 2.32. The van der Waals surface area contributed by atoms with Crippen molar-refractivity contribution in [3.63, 3.8) is 0 Å². The molecule has 1 aliphatic rings. The lowest BCUT2D eigenvalue weighted by Crippen LogP contribution is -2.23. The van der Waals surface area contributed by atoms with Crippen LogP contribution in [0.25, 0.3) is 0 Å². The number of rotatable bonds is 3. The van der Waals surface area contributed by atoms with Gasteiger partial charge in [-0.3, -0.25) is 9.78 Å². The summed E-state index contributed by atoms with van der Waals surface area (Å²) in [5, 5.41) is 2.62. The van der Waals surface area contributed by atoms with Crippen molar-refractivity contribution in [1.82, 2.24) is 10.3 Å². The number of hydrogen-bond donors (Lipinski definition) is 1. The number of carbonyl (C=O) groups excluding carboxylic acids is 1. The monoisotopic (exact) mass is 338 g/mol. The second kappa shape index (κ2) is 6.38. The fourth-order valence-corrected chi connectivity index (χ4v) is 2.18. The zero-order valence-corrected chi connectivity index (χ0v) is 12.4. The van der Waals surface area contributed by atoms with Crippen molar-refractivity contribution in [2.45, 2.75) is 12.7 Å². The van der Waals surface area contributed by atoms with Gasteiger partial charge in [-0.2, -0.15) is 13.2 Å². The van der Waals surface area contributed by atoms with Crippen molar-refractivity contribution >= 4 is 5.91 Å². The molecule has 8 heteroatoms. The van der Waals surface area contributed by atoms with E-state index in [1.807, 2.05) is 0 Å². The molecule has 2 heterocycles. The summed E-state index contributed by atoms with van der Waals surface area (Å²) in [5.41, 5.74) is -0.195. The summed E-state index contributed by atoms with van der Waals surface area (Å²) in [6, 6.07) is 7.14. The molecule has 5 nitrogen and oxygen atoms in total. The van der Waals surface area contributed by atoms with Gasteiger partial charge in [0.05, 0.1) is 5.56 Å². The zero-order valence-electron chi connectivity index (χ0n) is 12.4. The second-order valence-electron chi connectivity index (χ2n) is 5.09. The Balaban J connectivity index is 1.63. The van der Waals surface area contributed by atoms with Crippen LogP contribution >= 0.6 is 0 Å². The Bertz CT molecular complexity index is 745. The Morgan fingerprint density at radius 3 is 2.54 bits per heavy atom. The van der Waals surface area contributed by atoms with E-state index in [4.69, 9.17) is 9.47 Å². The van der Waals surface area contributed by atoms with Gasteiger partial charge in [-0.25, -0.2) is 0 Å². The van der Waals surface area contributed by atoms with E-state index in [0.29, 0.717) is 24.7 Å². The Morgan fingerprint density at radius 1 is 1.12 bits per heavy atom. The van der Waals surface area contributed by atoms with E-state index in [-0.39, 0.29) is 12.1 Å². The van der Waals surface area contributed by atoms with Crippen LogP contribution in [0.5, 0.6) is 11.5 Å². The molecule has 3 rings (SSSR count). The van der Waals surface area contributed by atoms with Crippen LogP contribution < -0.4 is 14.8 Å². The molecule has 1 aromatic carbocycles. The van der Waals surface area contributed by atoms with Crippen molar-refractivity contribution in [1.29, 1.82) is 0 Å². The first-order valence-electron chi connectivity index (χ1n) is 7.13. The molecular formula is C16H13F3N2O3. The Labute approximate surface area is 135 Å². The van der Waals surface area contributed by atoms with E-state index in [9.17, 15) is 18.0 Å². The van der Waals surface area contributed by atoms with Gasteiger partial charge in [-0.05, 0) is 29.8 Å². The first-order valence-corrected chi connectivity index (χ1v) is 7.13. The number of nitrogens with zero attached hydrogens (tertiary/aromatic N) is 1. The normalized spacial score (nSPS) is 13.5. The number of halogens is 3. The molecule has 0 radical (unpaired) electrons. The van der Waals surface area contributed by atoms with Crippen LogP contribution in [0.15, 0.2) is 36.5 Å². The van der Waals surface area contributed by atoms with Gasteiger partial charge < -0.3 is 14.8 Å². The first-order chi connectivity index (χ1) is 11.4. The van der Waals surface area contributed by atoms with Crippen molar-refractivity contribution in [3.05, 3.63) is 53.3 Å². The lowest BCUT2D eigenvalue weighted by atomic mass is 10.2. The molecule has 24 heavy (non-hydrogen) atoms. The molecule has 0 fully saturated rings. The second-order valence-corrected chi connectivity index (χ2v) is 5.09. The maximum atomic E-state index is 12.4. The summed E-state index contributed by atoms with van der Waals surface area (Å²) in [6.45, 7) is 1.15. The van der Waals surface area contributed by atoms with Gasteiger partial charge in [-0.15, -0.1) is 0 Å². The molecule has 2 aromatic rings. The van der Waals surface area contributed by atoms with Crippen LogP contribution in [0.4, 0.5) is 13.2 Å². The third-order valence-electron chi connectivity index (χ3n) is 3.38. The zero-order chi connectivity index (χ0) is 17.2. The quantitative estimate of drug-likeness (QED) is 0.935. The molecule has 1 aromatic heterocycles. The number of nitrogens with one attached hydrogen (secondary N) is 1. The van der Waals surface area contributed by atoms with Crippen LogP contribution in [0, 0.1) is 0 Å². The molecule has 0 bridgehead atoms. The van der Waals surface area contributed by atoms with Crippen molar-refractivity contribution in [2.75, 3.05) is 13.2 Å². The van der Waals surface area contributed by atoms with Crippen molar-refractivity contribution < 1.29 is 27.4 Å². The molecule has 0 saturated heterocycles. The van der Waals surface area contributed by atoms with Crippen LogP contribution in [0.1, 0.15) is 21.6 Å². The minimum Gasteiger partial charge on any atom is -0.486 e. The highest BCUT2D eigenvalue weighted by atomic mass is 19.4. The molecule has 0 atom stereocenters. The Kier molecular flexibility index (Phi) is 4.28. The molecule has 0 saturated carbocycles. The highest BCUT2D eigenvalue weighted by Crippen LogP contribution is 2.30.